The van der Waals surface area contributed by atoms with Gasteiger partial charge in [-0.05, 0) is 63.7 Å². The van der Waals surface area contributed by atoms with Gasteiger partial charge in [0.2, 0.25) is 0 Å². The van der Waals surface area contributed by atoms with Crippen LogP contribution in [-0.2, 0) is 4.79 Å². The fraction of sp³-hybridized carbons (Fsp3) is 0.211. The first-order valence-corrected chi connectivity index (χ1v) is 8.01. The smallest absolute Gasteiger partial charge is 0.336 e. The predicted molar refractivity (Wildman–Crippen MR) is 94.1 cm³/mol. The number of hydrogen-bond acceptors (Lipinski definition) is 2. The number of ether oxygens (including phenoxy) is 1. The third-order valence-corrected chi connectivity index (χ3v) is 3.93. The molecular formula is C19H19BrO2. The molecule has 0 aliphatic carbocycles. The molecule has 22 heavy (non-hydrogen) atoms. The fourth-order valence-electron chi connectivity index (χ4n) is 1.99. The zero-order chi connectivity index (χ0) is 16.1. The van der Waals surface area contributed by atoms with Gasteiger partial charge in [-0.2, -0.15) is 0 Å². The van der Waals surface area contributed by atoms with E-state index in [1.807, 2.05) is 31.2 Å². The molecule has 0 spiro atoms. The summed E-state index contributed by atoms with van der Waals surface area (Å²) in [7, 11) is 0. The molecular weight excluding hydrogens is 340 g/mol. The molecule has 2 aromatic carbocycles. The van der Waals surface area contributed by atoms with E-state index in [2.05, 4.69) is 41.9 Å². The van der Waals surface area contributed by atoms with Gasteiger partial charge in [0.25, 0.3) is 0 Å². The quantitative estimate of drug-likeness (QED) is 0.409. The largest absolute Gasteiger partial charge is 0.422 e. The first kappa shape index (κ1) is 16.5. The summed E-state index contributed by atoms with van der Waals surface area (Å²) < 4.78 is 6.08. The molecule has 0 unspecified atom stereocenters. The summed E-state index contributed by atoms with van der Waals surface area (Å²) in [5.41, 5.74) is 3.36. The maximum atomic E-state index is 11.9. The first-order valence-electron chi connectivity index (χ1n) is 7.21. The van der Waals surface area contributed by atoms with Gasteiger partial charge in [0.1, 0.15) is 5.75 Å². The van der Waals surface area contributed by atoms with Gasteiger partial charge in [-0.1, -0.05) is 44.2 Å². The van der Waals surface area contributed by atoms with Crippen LogP contribution < -0.4 is 4.74 Å². The Morgan fingerprint density at radius 1 is 1.14 bits per heavy atom. The molecule has 2 aromatic rings. The Morgan fingerprint density at radius 3 is 2.41 bits per heavy atom. The third-order valence-electron chi connectivity index (χ3n) is 3.31. The Hall–Kier alpha value is -1.87. The van der Waals surface area contributed by atoms with Crippen LogP contribution in [0.25, 0.3) is 6.08 Å². The van der Waals surface area contributed by atoms with E-state index in [9.17, 15) is 4.79 Å². The Morgan fingerprint density at radius 2 is 1.82 bits per heavy atom. The van der Waals surface area contributed by atoms with E-state index >= 15 is 0 Å². The summed E-state index contributed by atoms with van der Waals surface area (Å²) in [6, 6.07) is 13.8. The highest BCUT2D eigenvalue weighted by molar-refractivity contribution is 9.10. The molecule has 0 saturated carbocycles. The lowest BCUT2D eigenvalue weighted by atomic mass is 10.0. The van der Waals surface area contributed by atoms with Gasteiger partial charge in [0.05, 0.1) is 4.47 Å². The average molecular weight is 359 g/mol. The van der Waals surface area contributed by atoms with Crippen molar-refractivity contribution >= 4 is 28.0 Å². The van der Waals surface area contributed by atoms with Crippen molar-refractivity contribution in [3.05, 3.63) is 69.7 Å². The number of aryl methyl sites for hydroxylation is 1. The monoisotopic (exact) mass is 358 g/mol. The van der Waals surface area contributed by atoms with Crippen LogP contribution in [0.5, 0.6) is 5.75 Å². The first-order chi connectivity index (χ1) is 10.5. The zero-order valence-electron chi connectivity index (χ0n) is 13.0. The van der Waals surface area contributed by atoms with Crippen LogP contribution in [0.15, 0.2) is 53.0 Å². The number of rotatable bonds is 4. The van der Waals surface area contributed by atoms with Crippen LogP contribution >= 0.6 is 15.9 Å². The van der Waals surface area contributed by atoms with Gasteiger partial charge < -0.3 is 4.74 Å². The summed E-state index contributed by atoms with van der Waals surface area (Å²) in [6.07, 6.45) is 3.20. The number of carbonyl (C=O) groups is 1. The summed E-state index contributed by atoms with van der Waals surface area (Å²) >= 11 is 3.39. The van der Waals surface area contributed by atoms with Crippen molar-refractivity contribution in [3.63, 3.8) is 0 Å². The van der Waals surface area contributed by atoms with Crippen LogP contribution in [0.3, 0.4) is 0 Å². The molecule has 0 radical (unpaired) electrons. The van der Waals surface area contributed by atoms with Gasteiger partial charge in [-0.15, -0.1) is 0 Å². The molecule has 2 rings (SSSR count). The number of benzene rings is 2. The molecule has 0 fully saturated rings. The van der Waals surface area contributed by atoms with Crippen LogP contribution in [0.2, 0.25) is 0 Å². The highest BCUT2D eigenvalue weighted by Crippen LogP contribution is 2.26. The van der Waals surface area contributed by atoms with Crippen molar-refractivity contribution in [2.24, 2.45) is 0 Å². The molecule has 0 aromatic heterocycles. The second-order valence-corrected chi connectivity index (χ2v) is 6.36. The van der Waals surface area contributed by atoms with E-state index < -0.39 is 5.97 Å². The normalized spacial score (nSPS) is 11.1. The summed E-state index contributed by atoms with van der Waals surface area (Å²) in [5, 5.41) is 0. The zero-order valence-corrected chi connectivity index (χ0v) is 14.6. The summed E-state index contributed by atoms with van der Waals surface area (Å²) in [5.74, 6) is 0.634. The Bertz CT molecular complexity index is 685. The number of carbonyl (C=O) groups excluding carboxylic acids is 1. The predicted octanol–water partition coefficient (Wildman–Crippen LogP) is 5.50. The Labute approximate surface area is 139 Å². The van der Waals surface area contributed by atoms with Gasteiger partial charge >= 0.3 is 5.97 Å². The minimum absolute atomic E-state index is 0.391. The SMILES string of the molecule is Cc1ccc(OC(=O)/C=C/c2ccc(C(C)C)cc2)c(Br)c1. The van der Waals surface area contributed by atoms with E-state index in [0.717, 1.165) is 15.6 Å². The van der Waals surface area contributed by atoms with Crippen LogP contribution in [0.4, 0.5) is 0 Å². The van der Waals surface area contributed by atoms with Crippen molar-refractivity contribution in [2.45, 2.75) is 26.7 Å². The van der Waals surface area contributed by atoms with Crippen molar-refractivity contribution in [3.8, 4) is 5.75 Å². The lowest BCUT2D eigenvalue weighted by Gasteiger charge is -2.05. The number of hydrogen-bond donors (Lipinski definition) is 0. The Kier molecular flexibility index (Phi) is 5.56. The highest BCUT2D eigenvalue weighted by atomic mass is 79.9. The highest BCUT2D eigenvalue weighted by Gasteiger charge is 2.05. The third kappa shape index (κ3) is 4.57. The molecule has 0 bridgehead atoms. The maximum Gasteiger partial charge on any atom is 0.336 e. The number of esters is 1. The molecule has 0 atom stereocenters. The van der Waals surface area contributed by atoms with Gasteiger partial charge in [0.15, 0.2) is 0 Å². The minimum Gasteiger partial charge on any atom is -0.422 e. The topological polar surface area (TPSA) is 26.3 Å². The lowest BCUT2D eigenvalue weighted by Crippen LogP contribution is -2.04. The summed E-state index contributed by atoms with van der Waals surface area (Å²) in [6.45, 7) is 6.29. The molecule has 0 aliphatic rings. The fourth-order valence-corrected chi connectivity index (χ4v) is 2.56. The standard InChI is InChI=1S/C19H19BrO2/c1-13(2)16-8-5-15(6-9-16)7-11-19(21)22-18-10-4-14(3)12-17(18)20/h4-13H,1-3H3/b11-7+. The van der Waals surface area contributed by atoms with Crippen molar-refractivity contribution < 1.29 is 9.53 Å². The van der Waals surface area contributed by atoms with Crippen LogP contribution in [0.1, 0.15) is 36.5 Å². The van der Waals surface area contributed by atoms with Crippen molar-refractivity contribution in [1.29, 1.82) is 0 Å². The van der Waals surface area contributed by atoms with Crippen LogP contribution in [-0.4, -0.2) is 5.97 Å². The molecule has 0 amide bonds. The molecule has 0 aliphatic heterocycles. The van der Waals surface area contributed by atoms with Crippen molar-refractivity contribution in [2.75, 3.05) is 0 Å². The van der Waals surface area contributed by atoms with E-state index in [4.69, 9.17) is 4.74 Å². The van der Waals surface area contributed by atoms with E-state index in [-0.39, 0.29) is 0 Å². The van der Waals surface area contributed by atoms with Gasteiger partial charge in [-0.25, -0.2) is 4.79 Å². The van der Waals surface area contributed by atoms with E-state index in [1.54, 1.807) is 12.1 Å². The molecule has 114 valence electrons. The maximum absolute atomic E-state index is 11.9. The van der Waals surface area contributed by atoms with Gasteiger partial charge in [0, 0.05) is 6.08 Å². The van der Waals surface area contributed by atoms with E-state index in [0.29, 0.717) is 11.7 Å². The molecule has 2 nitrogen and oxygen atoms in total. The van der Waals surface area contributed by atoms with E-state index in [1.165, 1.54) is 11.6 Å². The van der Waals surface area contributed by atoms with Gasteiger partial charge in [-0.3, -0.25) is 0 Å². The average Bonchev–Trinajstić information content (AvgIpc) is 2.48. The molecule has 0 N–H and O–H groups in total. The molecule has 0 heterocycles. The minimum atomic E-state index is -0.391. The second kappa shape index (κ2) is 7.41. The molecule has 3 heteroatoms. The molecule has 0 saturated heterocycles. The lowest BCUT2D eigenvalue weighted by molar-refractivity contribution is -0.128. The Balaban J connectivity index is 2.01. The van der Waals surface area contributed by atoms with Crippen LogP contribution in [0, 0.1) is 6.92 Å². The van der Waals surface area contributed by atoms with Crippen molar-refractivity contribution in [1.82, 2.24) is 0 Å². The second-order valence-electron chi connectivity index (χ2n) is 5.51. The summed E-state index contributed by atoms with van der Waals surface area (Å²) in [4.78, 5) is 11.9. The number of halogens is 1.